The van der Waals surface area contributed by atoms with Crippen LogP contribution in [-0.4, -0.2) is 34.0 Å². The van der Waals surface area contributed by atoms with Crippen molar-refractivity contribution in [1.29, 1.82) is 0 Å². The fourth-order valence-electron chi connectivity index (χ4n) is 2.67. The van der Waals surface area contributed by atoms with Crippen LogP contribution in [0.25, 0.3) is 0 Å². The van der Waals surface area contributed by atoms with Gasteiger partial charge in [0.1, 0.15) is 0 Å². The highest BCUT2D eigenvalue weighted by Crippen LogP contribution is 2.37. The molecule has 2 amide bonds. The Morgan fingerprint density at radius 2 is 2.10 bits per heavy atom. The second-order valence-corrected chi connectivity index (χ2v) is 7.38. The number of thioether (sulfide) groups is 1. The lowest BCUT2D eigenvalue weighted by Gasteiger charge is -2.28. The van der Waals surface area contributed by atoms with E-state index in [1.807, 2.05) is 43.9 Å². The number of amides is 2. The molecular weight excluding hydrogens is 284 g/mol. The first-order valence-electron chi connectivity index (χ1n) is 7.41. The summed E-state index contributed by atoms with van der Waals surface area (Å²) in [6.07, 6.45) is 2.19. The Bertz CT molecular complexity index is 594. The van der Waals surface area contributed by atoms with Crippen LogP contribution >= 0.6 is 11.8 Å². The summed E-state index contributed by atoms with van der Waals surface area (Å²) in [5.41, 5.74) is 1.42. The molecule has 4 nitrogen and oxygen atoms in total. The van der Waals surface area contributed by atoms with Crippen molar-refractivity contribution in [3.63, 3.8) is 0 Å². The third-order valence-electron chi connectivity index (χ3n) is 3.89. The zero-order chi connectivity index (χ0) is 15.1. The largest absolute Gasteiger partial charge is 0.333 e. The average molecular weight is 304 g/mol. The van der Waals surface area contributed by atoms with Gasteiger partial charge in [0.15, 0.2) is 0 Å². The second-order valence-electron chi connectivity index (χ2n) is 6.00. The maximum atomic E-state index is 12.7. The molecule has 1 unspecified atom stereocenters. The van der Waals surface area contributed by atoms with Gasteiger partial charge in [0.2, 0.25) is 5.91 Å². The number of hydrogen-bond acceptors (Lipinski definition) is 3. The van der Waals surface area contributed by atoms with Gasteiger partial charge < -0.3 is 10.2 Å². The van der Waals surface area contributed by atoms with Gasteiger partial charge >= 0.3 is 0 Å². The molecule has 0 aromatic heterocycles. The van der Waals surface area contributed by atoms with Gasteiger partial charge in [-0.2, -0.15) is 0 Å². The molecule has 0 bridgehead atoms. The maximum Gasteiger partial charge on any atom is 0.254 e. The van der Waals surface area contributed by atoms with Crippen LogP contribution in [0.15, 0.2) is 23.1 Å². The van der Waals surface area contributed by atoms with E-state index in [1.165, 1.54) is 11.8 Å². The Morgan fingerprint density at radius 3 is 2.71 bits per heavy atom. The van der Waals surface area contributed by atoms with E-state index < -0.39 is 0 Å². The van der Waals surface area contributed by atoms with Crippen molar-refractivity contribution in [2.24, 2.45) is 0 Å². The van der Waals surface area contributed by atoms with Crippen LogP contribution in [0, 0.1) is 0 Å². The van der Waals surface area contributed by atoms with E-state index in [9.17, 15) is 9.59 Å². The number of anilines is 1. The molecule has 1 saturated carbocycles. The van der Waals surface area contributed by atoms with E-state index in [2.05, 4.69) is 5.32 Å². The number of carbonyl (C=O) groups is 2. The topological polar surface area (TPSA) is 49.4 Å². The number of nitrogens with one attached hydrogen (secondary N) is 1. The van der Waals surface area contributed by atoms with E-state index in [4.69, 9.17) is 0 Å². The molecule has 1 aliphatic carbocycles. The quantitative estimate of drug-likeness (QED) is 0.933. The Balaban J connectivity index is 1.88. The van der Waals surface area contributed by atoms with Gasteiger partial charge in [-0.3, -0.25) is 9.59 Å². The van der Waals surface area contributed by atoms with Gasteiger partial charge in [-0.05, 0) is 51.8 Å². The fraction of sp³-hybridized carbons (Fsp3) is 0.500. The Hall–Kier alpha value is -1.49. The fourth-order valence-corrected chi connectivity index (χ4v) is 3.60. The van der Waals surface area contributed by atoms with Crippen molar-refractivity contribution in [3.05, 3.63) is 23.8 Å². The third-order valence-corrected chi connectivity index (χ3v) is 5.07. The molecule has 112 valence electrons. The van der Waals surface area contributed by atoms with Gasteiger partial charge in [-0.25, -0.2) is 0 Å². The number of nitrogens with zero attached hydrogens (tertiary/aromatic N) is 1. The van der Waals surface area contributed by atoms with E-state index in [0.29, 0.717) is 11.6 Å². The summed E-state index contributed by atoms with van der Waals surface area (Å²) < 4.78 is 0. The van der Waals surface area contributed by atoms with Crippen molar-refractivity contribution in [3.8, 4) is 0 Å². The van der Waals surface area contributed by atoms with Gasteiger partial charge in [0.25, 0.3) is 5.91 Å². The standard InChI is InChI=1S/C16H20N2O2S/c1-9(2)18(12-5-6-12)16(20)11-4-7-14-13(8-11)17-15(19)10(3)21-14/h4,7-10,12H,5-6H2,1-3H3,(H,17,19). The Labute approximate surface area is 129 Å². The van der Waals surface area contributed by atoms with Crippen molar-refractivity contribution in [1.82, 2.24) is 4.90 Å². The van der Waals surface area contributed by atoms with E-state index in [-0.39, 0.29) is 23.1 Å². The highest BCUT2D eigenvalue weighted by Gasteiger charge is 2.35. The molecule has 1 N–H and O–H groups in total. The first-order chi connectivity index (χ1) is 9.97. The van der Waals surface area contributed by atoms with Crippen LogP contribution < -0.4 is 5.32 Å². The summed E-state index contributed by atoms with van der Waals surface area (Å²) in [6, 6.07) is 6.21. The average Bonchev–Trinajstić information content (AvgIpc) is 3.24. The molecule has 1 heterocycles. The Morgan fingerprint density at radius 1 is 1.38 bits per heavy atom. The van der Waals surface area contributed by atoms with Gasteiger partial charge in [-0.15, -0.1) is 11.8 Å². The minimum atomic E-state index is -0.0855. The van der Waals surface area contributed by atoms with Gasteiger partial charge in [0, 0.05) is 22.5 Å². The summed E-state index contributed by atoms with van der Waals surface area (Å²) in [6.45, 7) is 5.98. The Kier molecular flexibility index (Phi) is 3.69. The van der Waals surface area contributed by atoms with Gasteiger partial charge in [-0.1, -0.05) is 0 Å². The monoisotopic (exact) mass is 304 g/mol. The van der Waals surface area contributed by atoms with Crippen molar-refractivity contribution in [2.75, 3.05) is 5.32 Å². The number of carbonyl (C=O) groups excluding carboxylic acids is 2. The molecule has 0 saturated heterocycles. The second kappa shape index (κ2) is 5.37. The first-order valence-corrected chi connectivity index (χ1v) is 8.29. The van der Waals surface area contributed by atoms with Crippen molar-refractivity contribution >= 4 is 29.3 Å². The van der Waals surface area contributed by atoms with E-state index in [0.717, 1.165) is 23.4 Å². The van der Waals surface area contributed by atoms with Crippen molar-refractivity contribution < 1.29 is 9.59 Å². The lowest BCUT2D eigenvalue weighted by molar-refractivity contribution is -0.115. The smallest absolute Gasteiger partial charge is 0.254 e. The number of fused-ring (bicyclic) bond motifs is 1. The lowest BCUT2D eigenvalue weighted by Crippen LogP contribution is -2.38. The predicted octanol–water partition coefficient (Wildman–Crippen LogP) is 3.13. The van der Waals surface area contributed by atoms with Crippen LogP contribution in [0.5, 0.6) is 0 Å². The highest BCUT2D eigenvalue weighted by molar-refractivity contribution is 8.00. The number of benzene rings is 1. The van der Waals surface area contributed by atoms with Crippen LogP contribution in [0.2, 0.25) is 0 Å². The number of rotatable bonds is 3. The van der Waals surface area contributed by atoms with Crippen LogP contribution in [0.4, 0.5) is 5.69 Å². The summed E-state index contributed by atoms with van der Waals surface area (Å²) in [5, 5.41) is 2.80. The minimum Gasteiger partial charge on any atom is -0.333 e. The summed E-state index contributed by atoms with van der Waals surface area (Å²) in [7, 11) is 0. The van der Waals surface area contributed by atoms with Crippen LogP contribution in [0.3, 0.4) is 0 Å². The predicted molar refractivity (Wildman–Crippen MR) is 84.7 cm³/mol. The van der Waals surface area contributed by atoms with E-state index in [1.54, 1.807) is 0 Å². The maximum absolute atomic E-state index is 12.7. The summed E-state index contributed by atoms with van der Waals surface area (Å²) >= 11 is 1.54. The minimum absolute atomic E-state index is 0.00000703. The molecule has 2 aliphatic rings. The van der Waals surface area contributed by atoms with Gasteiger partial charge in [0.05, 0.1) is 10.9 Å². The molecule has 0 radical (unpaired) electrons. The zero-order valence-corrected chi connectivity index (χ0v) is 13.4. The van der Waals surface area contributed by atoms with Crippen molar-refractivity contribution in [2.45, 2.75) is 55.8 Å². The lowest BCUT2D eigenvalue weighted by atomic mass is 10.1. The zero-order valence-electron chi connectivity index (χ0n) is 12.6. The number of hydrogen-bond donors (Lipinski definition) is 1. The molecule has 1 aliphatic heterocycles. The first kappa shape index (κ1) is 14.4. The highest BCUT2D eigenvalue weighted by atomic mass is 32.2. The van der Waals surface area contributed by atoms with Crippen LogP contribution in [0.1, 0.15) is 44.0 Å². The molecule has 1 fully saturated rings. The van der Waals surface area contributed by atoms with E-state index >= 15 is 0 Å². The SMILES string of the molecule is CC1Sc2ccc(C(=O)N(C(C)C)C3CC3)cc2NC1=O. The third kappa shape index (κ3) is 2.79. The molecule has 21 heavy (non-hydrogen) atoms. The molecule has 3 rings (SSSR count). The van der Waals surface area contributed by atoms with Crippen LogP contribution in [-0.2, 0) is 4.79 Å². The molecule has 0 spiro atoms. The molecular formula is C16H20N2O2S. The normalized spacial score (nSPS) is 21.0. The molecule has 1 aromatic carbocycles. The summed E-state index contributed by atoms with van der Waals surface area (Å²) in [5.74, 6) is 0.0631. The molecule has 1 aromatic rings. The molecule has 5 heteroatoms. The molecule has 1 atom stereocenters. The summed E-state index contributed by atoms with van der Waals surface area (Å²) in [4.78, 5) is 27.5.